The van der Waals surface area contributed by atoms with E-state index in [1.54, 1.807) is 6.92 Å². The summed E-state index contributed by atoms with van der Waals surface area (Å²) in [6, 6.07) is 0. The predicted octanol–water partition coefficient (Wildman–Crippen LogP) is 0.212. The maximum Gasteiger partial charge on any atom is 0.310 e. The van der Waals surface area contributed by atoms with Gasteiger partial charge in [-0.1, -0.05) is 0 Å². The zero-order valence-electron chi connectivity index (χ0n) is 3.64. The van der Waals surface area contributed by atoms with Gasteiger partial charge in [-0.2, -0.15) is 0 Å². The van der Waals surface area contributed by atoms with E-state index in [-0.39, 0.29) is 6.10 Å². The summed E-state index contributed by atoms with van der Waals surface area (Å²) in [5.41, 5.74) is 0. The van der Waals surface area contributed by atoms with E-state index < -0.39 is 0 Å². The highest BCUT2D eigenvalue weighted by molar-refractivity contribution is 7.66. The van der Waals surface area contributed by atoms with Gasteiger partial charge in [0, 0.05) is 0 Å². The fourth-order valence-electron chi connectivity index (χ4n) is 0.121. The van der Waals surface area contributed by atoms with Crippen LogP contribution in [0.1, 0.15) is 6.92 Å². The third-order valence-electron chi connectivity index (χ3n) is 0.325. The van der Waals surface area contributed by atoms with Crippen molar-refractivity contribution in [1.82, 2.24) is 0 Å². The molecule has 0 amide bonds. The van der Waals surface area contributed by atoms with Crippen LogP contribution in [0.3, 0.4) is 0 Å². The lowest BCUT2D eigenvalue weighted by Crippen LogP contribution is -2.03. The number of aliphatic hydroxyl groups excluding tert-OH is 1. The summed E-state index contributed by atoms with van der Waals surface area (Å²) >= 11 is 0.910. The number of hydrogen-bond donors (Lipinski definition) is 2. The van der Waals surface area contributed by atoms with Crippen LogP contribution in [0.5, 0.6) is 0 Å². The standard InChI is InChI=1S/C3H8NOS/c1-3(5)2-6-4/h3-5H,2H2,1H3/q+1. The Hall–Kier alpha value is -0.0200. The van der Waals surface area contributed by atoms with E-state index in [4.69, 9.17) is 9.89 Å². The van der Waals surface area contributed by atoms with Crippen molar-refractivity contribution in [3.63, 3.8) is 0 Å². The molecule has 0 spiro atoms. The van der Waals surface area contributed by atoms with Gasteiger partial charge in [-0.3, -0.25) is 0 Å². The Labute approximate surface area is 41.1 Å². The average molecular weight is 106 g/mol. The van der Waals surface area contributed by atoms with Crippen molar-refractivity contribution < 1.29 is 5.11 Å². The van der Waals surface area contributed by atoms with Crippen LogP contribution in [0.25, 0.3) is 0 Å². The molecule has 0 aliphatic heterocycles. The van der Waals surface area contributed by atoms with Crippen LogP contribution in [0.2, 0.25) is 0 Å². The van der Waals surface area contributed by atoms with E-state index >= 15 is 0 Å². The molecule has 1 atom stereocenters. The first kappa shape index (κ1) is 5.98. The summed E-state index contributed by atoms with van der Waals surface area (Å²) in [7, 11) is 0. The van der Waals surface area contributed by atoms with E-state index in [2.05, 4.69) is 0 Å². The van der Waals surface area contributed by atoms with Crippen LogP contribution in [-0.4, -0.2) is 17.0 Å². The van der Waals surface area contributed by atoms with Crippen molar-refractivity contribution in [2.24, 2.45) is 0 Å². The highest BCUT2D eigenvalue weighted by Gasteiger charge is 1.98. The molecule has 0 saturated heterocycles. The van der Waals surface area contributed by atoms with Crippen molar-refractivity contribution in [1.29, 1.82) is 4.78 Å². The Morgan fingerprint density at radius 1 is 2.00 bits per heavy atom. The van der Waals surface area contributed by atoms with Crippen LogP contribution < -0.4 is 0 Å². The monoisotopic (exact) mass is 106 g/mol. The molecular formula is C3H8NOS+. The molecule has 0 bridgehead atoms. The fraction of sp³-hybridized carbons (Fsp3) is 1.00. The Kier molecular flexibility index (Phi) is 3.17. The quantitative estimate of drug-likeness (QED) is 0.486. The molecular weight excluding hydrogens is 98.1 g/mol. The zero-order valence-corrected chi connectivity index (χ0v) is 4.46. The lowest BCUT2D eigenvalue weighted by Gasteiger charge is -1.82. The Balaban J connectivity index is 2.81. The molecule has 0 aromatic rings. The average Bonchev–Trinajstić information content (AvgIpc) is 1.35. The second kappa shape index (κ2) is 3.18. The first-order chi connectivity index (χ1) is 2.77. The van der Waals surface area contributed by atoms with E-state index in [0.29, 0.717) is 5.75 Å². The van der Waals surface area contributed by atoms with Crippen LogP contribution in [0, 0.1) is 4.78 Å². The summed E-state index contributed by atoms with van der Waals surface area (Å²) < 4.78 is 6.49. The Morgan fingerprint density at radius 3 is 2.50 bits per heavy atom. The normalized spacial score (nSPS) is 13.7. The van der Waals surface area contributed by atoms with Crippen molar-refractivity contribution in [3.05, 3.63) is 0 Å². The second-order valence-electron chi connectivity index (χ2n) is 1.16. The molecule has 3 heteroatoms. The highest BCUT2D eigenvalue weighted by Crippen LogP contribution is 1.73. The van der Waals surface area contributed by atoms with Gasteiger partial charge < -0.3 is 5.11 Å². The van der Waals surface area contributed by atoms with Gasteiger partial charge in [0.1, 0.15) is 6.10 Å². The highest BCUT2D eigenvalue weighted by atomic mass is 32.1. The lowest BCUT2D eigenvalue weighted by molar-refractivity contribution is 0.220. The fourth-order valence-corrected chi connectivity index (χ4v) is 0.362. The predicted molar refractivity (Wildman–Crippen MR) is 26.6 cm³/mol. The molecule has 1 unspecified atom stereocenters. The molecule has 2 nitrogen and oxygen atoms in total. The van der Waals surface area contributed by atoms with E-state index in [0.717, 1.165) is 11.6 Å². The van der Waals surface area contributed by atoms with Crippen molar-refractivity contribution >= 4 is 11.6 Å². The van der Waals surface area contributed by atoms with Gasteiger partial charge in [0.25, 0.3) is 0 Å². The largest absolute Gasteiger partial charge is 0.388 e. The molecule has 0 radical (unpaired) electrons. The third-order valence-corrected chi connectivity index (χ3v) is 0.974. The first-order valence-corrected chi connectivity index (χ1v) is 2.72. The SMILES string of the molecule is CC(O)C[S+]=N. The summed E-state index contributed by atoms with van der Waals surface area (Å²) in [4.78, 5) is 0. The van der Waals surface area contributed by atoms with Gasteiger partial charge in [0.15, 0.2) is 0 Å². The number of hydrogen-bond acceptors (Lipinski definition) is 2. The minimum absolute atomic E-state index is 0.326. The minimum Gasteiger partial charge on any atom is -0.388 e. The van der Waals surface area contributed by atoms with Crippen LogP contribution >= 0.6 is 0 Å². The molecule has 0 rings (SSSR count). The number of nitrogens with one attached hydrogen (secondary N) is 1. The van der Waals surface area contributed by atoms with Crippen molar-refractivity contribution in [2.45, 2.75) is 13.0 Å². The Bertz CT molecular complexity index is 46.1. The van der Waals surface area contributed by atoms with Crippen LogP contribution in [-0.2, 0) is 11.6 Å². The van der Waals surface area contributed by atoms with Crippen LogP contribution in [0.15, 0.2) is 0 Å². The molecule has 0 aliphatic carbocycles. The second-order valence-corrected chi connectivity index (χ2v) is 1.78. The van der Waals surface area contributed by atoms with Crippen molar-refractivity contribution in [3.8, 4) is 0 Å². The summed E-state index contributed by atoms with van der Waals surface area (Å²) in [5.74, 6) is 0.514. The van der Waals surface area contributed by atoms with Gasteiger partial charge in [0.2, 0.25) is 5.75 Å². The first-order valence-electron chi connectivity index (χ1n) is 1.74. The molecule has 0 heterocycles. The molecule has 36 valence electrons. The smallest absolute Gasteiger partial charge is 0.310 e. The molecule has 6 heavy (non-hydrogen) atoms. The number of rotatable bonds is 2. The minimum atomic E-state index is -0.326. The van der Waals surface area contributed by atoms with Gasteiger partial charge in [-0.25, -0.2) is 0 Å². The van der Waals surface area contributed by atoms with Gasteiger partial charge in [-0.15, -0.1) is 0 Å². The van der Waals surface area contributed by atoms with Gasteiger partial charge in [0.05, 0.1) is 0 Å². The Morgan fingerprint density at radius 2 is 2.50 bits per heavy atom. The third kappa shape index (κ3) is 3.98. The van der Waals surface area contributed by atoms with E-state index in [1.807, 2.05) is 0 Å². The summed E-state index contributed by atoms with van der Waals surface area (Å²) in [6.07, 6.45) is -0.326. The molecule has 2 N–H and O–H groups in total. The molecule has 0 aromatic heterocycles. The maximum atomic E-state index is 8.41. The molecule has 0 fully saturated rings. The van der Waals surface area contributed by atoms with Crippen molar-refractivity contribution in [2.75, 3.05) is 5.75 Å². The lowest BCUT2D eigenvalue weighted by atomic mass is 10.5. The van der Waals surface area contributed by atoms with Gasteiger partial charge in [-0.05, 0) is 11.7 Å². The summed E-state index contributed by atoms with van der Waals surface area (Å²) in [6.45, 7) is 1.67. The molecule has 0 saturated carbocycles. The molecule has 0 aromatic carbocycles. The van der Waals surface area contributed by atoms with E-state index in [9.17, 15) is 0 Å². The number of aliphatic hydroxyl groups is 1. The topological polar surface area (TPSA) is 44.1 Å². The van der Waals surface area contributed by atoms with Gasteiger partial charge >= 0.3 is 11.6 Å². The van der Waals surface area contributed by atoms with E-state index in [1.165, 1.54) is 0 Å². The summed E-state index contributed by atoms with van der Waals surface area (Å²) in [5, 5.41) is 8.41. The molecule has 0 aliphatic rings. The maximum absolute atomic E-state index is 8.41. The zero-order chi connectivity index (χ0) is 4.99. The van der Waals surface area contributed by atoms with Crippen LogP contribution in [0.4, 0.5) is 0 Å².